The van der Waals surface area contributed by atoms with Gasteiger partial charge in [-0.3, -0.25) is 19.8 Å². The second-order valence-electron chi connectivity index (χ2n) is 21.0. The Hall–Kier alpha value is -3.70. The molecule has 77 heavy (non-hydrogen) atoms. The molecule has 3 saturated heterocycles. The van der Waals surface area contributed by atoms with Crippen molar-refractivity contribution >= 4 is 75.4 Å². The second-order valence-corrected chi connectivity index (χ2v) is 23.1. The predicted octanol–water partition coefficient (Wildman–Crippen LogP) is 10.0. The number of nitrogens with zero attached hydrogens (tertiary/aromatic N) is 4. The Kier molecular flexibility index (Phi) is 29.1. The number of amides is 2. The first-order valence-corrected chi connectivity index (χ1v) is 28.0. The number of amidine groups is 2. The molecule has 2 aromatic carbocycles. The van der Waals surface area contributed by atoms with Crippen LogP contribution in [0.4, 0.5) is 9.59 Å². The fourth-order valence-electron chi connectivity index (χ4n) is 8.48. The molecule has 1 N–H and O–H groups in total. The minimum absolute atomic E-state index is 0. The number of aliphatic hydroxyl groups excluding tert-OH is 1. The Morgan fingerprint density at radius 1 is 0.753 bits per heavy atom. The topological polar surface area (TPSA) is 186 Å². The van der Waals surface area contributed by atoms with Crippen LogP contribution in [0.1, 0.15) is 102 Å². The summed E-state index contributed by atoms with van der Waals surface area (Å²) < 4.78 is 50.2. The Balaban J connectivity index is 0.000000613. The van der Waals surface area contributed by atoms with Crippen molar-refractivity contribution in [2.24, 2.45) is 21.8 Å². The molecule has 0 radical (unpaired) electrons. The molecular weight excluding hydrogens is 1040 g/mol. The van der Waals surface area contributed by atoms with E-state index in [0.29, 0.717) is 36.4 Å². The van der Waals surface area contributed by atoms with Crippen molar-refractivity contribution in [1.29, 1.82) is 0 Å². The number of aryl methyl sites for hydroxylation is 2. The van der Waals surface area contributed by atoms with Gasteiger partial charge in [-0.15, -0.1) is 13.2 Å². The van der Waals surface area contributed by atoms with Crippen LogP contribution >= 0.6 is 23.5 Å². The summed E-state index contributed by atoms with van der Waals surface area (Å²) in [5.41, 5.74) is 0.550. The third-order valence-electron chi connectivity index (χ3n) is 12.5. The molecule has 428 valence electrons. The maximum Gasteiger partial charge on any atom is 2.00 e. The van der Waals surface area contributed by atoms with Crippen LogP contribution in [0.3, 0.4) is 0 Å². The van der Waals surface area contributed by atoms with E-state index in [2.05, 4.69) is 37.2 Å². The molecule has 5 aliphatic rings. The van der Waals surface area contributed by atoms with Gasteiger partial charge in [-0.25, -0.2) is 9.59 Å². The maximum atomic E-state index is 12.6. The number of aldehydes is 1. The number of aliphatic hydroxyl groups is 1. The third kappa shape index (κ3) is 21.4. The molecule has 5 aliphatic heterocycles. The summed E-state index contributed by atoms with van der Waals surface area (Å²) in [5, 5.41) is 12.1. The summed E-state index contributed by atoms with van der Waals surface area (Å²) in [6.07, 6.45) is 7.10. The fourth-order valence-corrected chi connectivity index (χ4v) is 10.8. The van der Waals surface area contributed by atoms with E-state index >= 15 is 0 Å². The summed E-state index contributed by atoms with van der Waals surface area (Å²) >= 11 is 2.66. The molecule has 7 rings (SSSR count). The van der Waals surface area contributed by atoms with Gasteiger partial charge in [-0.05, 0) is 109 Å². The van der Waals surface area contributed by atoms with E-state index in [0.717, 1.165) is 43.0 Å². The number of hydrogen-bond donors (Lipinski definition) is 1. The van der Waals surface area contributed by atoms with Crippen molar-refractivity contribution in [3.05, 3.63) is 85.0 Å². The molecule has 0 bridgehead atoms. The van der Waals surface area contributed by atoms with Gasteiger partial charge in [-0.1, -0.05) is 87.1 Å². The zero-order chi connectivity index (χ0) is 56.2. The number of methoxy groups -OCH3 is 2. The number of benzene rings is 2. The molecule has 0 spiro atoms. The van der Waals surface area contributed by atoms with Gasteiger partial charge in [0.2, 0.25) is 0 Å². The average molecular weight is 1130 g/mol. The molecule has 17 nitrogen and oxygen atoms in total. The van der Waals surface area contributed by atoms with E-state index in [1.807, 2.05) is 71.0 Å². The SMILES string of the molecule is C1CCOC1.C=CCO[C@H]1[C@H](C)[C@@H](C(O)CCc2ccc(OC)cc2)O[C@@H]2SC(N(C)C(=O)OC(C)(C)C)=N[C@H]12.C=CCO[C@H]1[C@H](C)[C@@H](C=O)O[C@@H]2SC(N(C)C(=O)OC(C)(C)C)=N[C@H]12.CCCc1ccc(OC)cc1.[H-].[H-].[Mg+2]. The maximum absolute atomic E-state index is 12.6. The molecule has 0 saturated carbocycles. The van der Waals surface area contributed by atoms with E-state index in [-0.39, 0.29) is 72.9 Å². The Labute approximate surface area is 486 Å². The van der Waals surface area contributed by atoms with Gasteiger partial charge in [0.15, 0.2) is 10.3 Å². The van der Waals surface area contributed by atoms with Gasteiger partial charge >= 0.3 is 35.2 Å². The first kappa shape index (κ1) is 67.6. The van der Waals surface area contributed by atoms with Crippen LogP contribution in [-0.4, -0.2) is 186 Å². The van der Waals surface area contributed by atoms with Crippen LogP contribution in [0.2, 0.25) is 0 Å². The summed E-state index contributed by atoms with van der Waals surface area (Å²) in [5.74, 6) is 1.48. The number of fused-ring (bicyclic) bond motifs is 2. The third-order valence-corrected chi connectivity index (χ3v) is 14.9. The number of rotatable bonds is 15. The van der Waals surface area contributed by atoms with E-state index in [9.17, 15) is 19.5 Å². The number of aliphatic imine (C=N–C) groups is 2. The second kappa shape index (κ2) is 33.1. The zero-order valence-electron chi connectivity index (χ0n) is 49.8. The number of ether oxygens (including phenoxy) is 9. The Bertz CT molecular complexity index is 2190. The van der Waals surface area contributed by atoms with Gasteiger partial charge in [0.05, 0.1) is 51.8 Å². The summed E-state index contributed by atoms with van der Waals surface area (Å²) in [6, 6.07) is 15.5. The van der Waals surface area contributed by atoms with Crippen LogP contribution in [-0.2, 0) is 50.8 Å². The van der Waals surface area contributed by atoms with Crippen LogP contribution in [0, 0.1) is 11.8 Å². The van der Waals surface area contributed by atoms with Crippen molar-refractivity contribution in [3.63, 3.8) is 0 Å². The van der Waals surface area contributed by atoms with Crippen molar-refractivity contribution in [2.75, 3.05) is 54.7 Å². The van der Waals surface area contributed by atoms with E-state index in [4.69, 9.17) is 47.6 Å². The molecule has 0 aliphatic carbocycles. The quantitative estimate of drug-likeness (QED) is 0.101. The fraction of sp³-hybridized carbons (Fsp3) is 0.632. The molecule has 5 heterocycles. The van der Waals surface area contributed by atoms with Crippen molar-refractivity contribution in [3.8, 4) is 11.5 Å². The van der Waals surface area contributed by atoms with E-state index < -0.39 is 41.7 Å². The van der Waals surface area contributed by atoms with Crippen molar-refractivity contribution in [1.82, 2.24) is 9.80 Å². The van der Waals surface area contributed by atoms with Gasteiger partial charge in [-0.2, -0.15) is 0 Å². The molecule has 11 atom stereocenters. The first-order chi connectivity index (χ1) is 36.1. The molecule has 20 heteroatoms. The molecule has 2 aromatic rings. The van der Waals surface area contributed by atoms with Crippen molar-refractivity contribution < 1.29 is 65.0 Å². The van der Waals surface area contributed by atoms with Crippen molar-refractivity contribution in [2.45, 2.75) is 166 Å². The van der Waals surface area contributed by atoms with Gasteiger partial charge in [0.25, 0.3) is 0 Å². The van der Waals surface area contributed by atoms with E-state index in [1.54, 1.807) is 61.2 Å². The van der Waals surface area contributed by atoms with Gasteiger partial charge < -0.3 is 55.4 Å². The van der Waals surface area contributed by atoms with Crippen LogP contribution in [0.15, 0.2) is 83.8 Å². The summed E-state index contributed by atoms with van der Waals surface area (Å²) in [7, 11) is 6.58. The average Bonchev–Trinajstić information content (AvgIpc) is 4.24. The number of carbonyl (C=O) groups is 3. The first-order valence-electron chi connectivity index (χ1n) is 26.2. The molecule has 2 amide bonds. The molecular formula is C57H88MgN4O13S2. The monoisotopic (exact) mass is 1120 g/mol. The Morgan fingerprint density at radius 3 is 1.56 bits per heavy atom. The van der Waals surface area contributed by atoms with Crippen LogP contribution in [0.25, 0.3) is 0 Å². The smallest absolute Gasteiger partial charge is 1.00 e. The standard InChI is InChI=1S/C26H38N2O6S.C17H26N2O5S.C10H14O.C4H8O.Mg.2H/c1-8-15-32-22-16(2)21(19(29)14-11-17-9-12-18(31-7)13-10-17)33-23-20(22)27-24(35-23)28(6)25(30)34-26(3,4)5;1-7-8-22-13-10(2)11(9-20)23-14-12(13)18-15(25-14)19(6)16(21)24-17(3,4)5;1-3-4-9-5-7-10(11-2)8-6-9;1-2-4-5-3-1;;;/h8-10,12-13,16,19-23,29H,1,11,14-15H2,2-7H3;7,9-14H,1,8H2,2-6H3;5-8H,3-4H2,1-2H3;1-4H2;;;/q;;;;+2;2*-1/t16-,19?,20-,21+,22+,23-;10-,11-,12-,13+,14-;;;;;/m11...../s1. The molecule has 0 aromatic heterocycles. The van der Waals surface area contributed by atoms with Crippen LogP contribution in [0.5, 0.6) is 11.5 Å². The minimum atomic E-state index is -0.684. The number of carbonyl (C=O) groups excluding carboxylic acids is 3. The number of hydrogen-bond acceptors (Lipinski definition) is 17. The number of thioether (sulfide) groups is 2. The van der Waals surface area contributed by atoms with Gasteiger partial charge in [0, 0.05) is 39.1 Å². The van der Waals surface area contributed by atoms with E-state index in [1.165, 1.54) is 58.1 Å². The largest absolute Gasteiger partial charge is 2.00 e. The zero-order valence-corrected chi connectivity index (χ0v) is 50.9. The van der Waals surface area contributed by atoms with Gasteiger partial charge in [0.1, 0.15) is 58.0 Å². The summed E-state index contributed by atoms with van der Waals surface area (Å²) in [6.45, 7) is 27.1. The summed E-state index contributed by atoms with van der Waals surface area (Å²) in [4.78, 5) is 48.3. The normalized spacial score (nSPS) is 25.5. The molecule has 1 unspecified atom stereocenters. The minimum Gasteiger partial charge on any atom is -1.00 e. The predicted molar refractivity (Wildman–Crippen MR) is 310 cm³/mol. The van der Waals surface area contributed by atoms with Crippen LogP contribution < -0.4 is 9.47 Å². The molecule has 3 fully saturated rings. The Morgan fingerprint density at radius 2 is 1.18 bits per heavy atom.